The molecule has 2 rings (SSSR count). The second kappa shape index (κ2) is 9.11. The lowest BCUT2D eigenvalue weighted by Crippen LogP contribution is -2.33. The molecule has 0 unspecified atom stereocenters. The molecule has 0 atom stereocenters. The molecule has 3 nitrogen and oxygen atoms in total. The monoisotopic (exact) mass is 416 g/mol. The Morgan fingerprint density at radius 2 is 1.85 bits per heavy atom. The summed E-state index contributed by atoms with van der Waals surface area (Å²) in [7, 11) is 0. The number of rotatable bonds is 6. The summed E-state index contributed by atoms with van der Waals surface area (Å²) in [5.41, 5.74) is -0.564. The van der Waals surface area contributed by atoms with Crippen LogP contribution in [0.3, 0.4) is 0 Å². The molecule has 1 amide bonds. The number of alkyl halides is 3. The van der Waals surface area contributed by atoms with Crippen LogP contribution in [-0.4, -0.2) is 18.2 Å². The Morgan fingerprint density at radius 1 is 1.19 bits per heavy atom. The molecule has 0 N–H and O–H groups in total. The Balaban J connectivity index is 2.14. The van der Waals surface area contributed by atoms with Crippen LogP contribution in [0.4, 0.5) is 23.2 Å². The molecule has 0 saturated heterocycles. The minimum absolute atomic E-state index is 0.0625. The van der Waals surface area contributed by atoms with Crippen LogP contribution in [0.25, 0.3) is 0 Å². The van der Waals surface area contributed by atoms with Crippen molar-refractivity contribution in [3.05, 3.63) is 58.9 Å². The van der Waals surface area contributed by atoms with E-state index in [4.69, 9.17) is 16.9 Å². The Morgan fingerprint density at radius 3 is 2.44 bits per heavy atom. The zero-order valence-corrected chi connectivity index (χ0v) is 15.3. The van der Waals surface area contributed by atoms with E-state index in [2.05, 4.69) is 0 Å². The molecular weight excluding hydrogens is 404 g/mol. The minimum Gasteiger partial charge on any atom is -0.311 e. The van der Waals surface area contributed by atoms with Crippen molar-refractivity contribution in [2.75, 3.05) is 17.2 Å². The predicted molar refractivity (Wildman–Crippen MR) is 96.2 cm³/mol. The number of thioether (sulfide) groups is 1. The molecule has 0 saturated carbocycles. The molecule has 0 radical (unpaired) electrons. The van der Waals surface area contributed by atoms with Gasteiger partial charge in [-0.1, -0.05) is 11.6 Å². The molecule has 0 aromatic heterocycles. The number of amides is 1. The van der Waals surface area contributed by atoms with E-state index in [1.54, 1.807) is 0 Å². The highest BCUT2D eigenvalue weighted by Gasteiger charge is 2.33. The average Bonchev–Trinajstić information content (AvgIpc) is 2.61. The normalized spacial score (nSPS) is 11.1. The van der Waals surface area contributed by atoms with Gasteiger partial charge in [-0.25, -0.2) is 4.39 Å². The highest BCUT2D eigenvalue weighted by atomic mass is 35.5. The third-order valence-corrected chi connectivity index (χ3v) is 4.80. The van der Waals surface area contributed by atoms with Crippen LogP contribution in [0.1, 0.15) is 12.0 Å². The third kappa shape index (κ3) is 5.88. The van der Waals surface area contributed by atoms with Crippen LogP contribution >= 0.6 is 23.4 Å². The lowest BCUT2D eigenvalue weighted by molar-refractivity contribution is -0.137. The molecule has 0 spiro atoms. The third-order valence-electron chi connectivity index (χ3n) is 3.49. The van der Waals surface area contributed by atoms with Crippen molar-refractivity contribution in [3.63, 3.8) is 0 Å². The zero-order valence-electron chi connectivity index (χ0n) is 13.8. The lowest BCUT2D eigenvalue weighted by atomic mass is 10.2. The molecule has 0 aliphatic heterocycles. The second-order valence-electron chi connectivity index (χ2n) is 5.36. The number of carbonyl (C=O) groups excluding carboxylic acids is 1. The topological polar surface area (TPSA) is 44.1 Å². The maximum Gasteiger partial charge on any atom is 0.417 e. The molecule has 0 bridgehead atoms. The highest BCUT2D eigenvalue weighted by Crippen LogP contribution is 2.37. The molecular formula is C18H13ClF4N2OS. The second-order valence-corrected chi connectivity index (χ2v) is 6.81. The van der Waals surface area contributed by atoms with Crippen molar-refractivity contribution in [1.29, 1.82) is 5.26 Å². The van der Waals surface area contributed by atoms with Gasteiger partial charge in [0.2, 0.25) is 5.91 Å². The first-order chi connectivity index (χ1) is 12.7. The number of hydrogen-bond acceptors (Lipinski definition) is 3. The Bertz CT molecular complexity index is 850. The van der Waals surface area contributed by atoms with E-state index in [1.807, 2.05) is 6.07 Å². The molecule has 2 aromatic carbocycles. The van der Waals surface area contributed by atoms with E-state index in [9.17, 15) is 22.4 Å². The highest BCUT2D eigenvalue weighted by molar-refractivity contribution is 8.00. The molecule has 0 heterocycles. The largest absolute Gasteiger partial charge is 0.417 e. The first-order valence-corrected chi connectivity index (χ1v) is 9.01. The Kier molecular flexibility index (Phi) is 7.11. The van der Waals surface area contributed by atoms with Crippen LogP contribution in [0.5, 0.6) is 0 Å². The van der Waals surface area contributed by atoms with Gasteiger partial charge < -0.3 is 4.90 Å². The number of carbonyl (C=O) groups is 1. The van der Waals surface area contributed by atoms with Gasteiger partial charge in [0.15, 0.2) is 0 Å². The van der Waals surface area contributed by atoms with Crippen molar-refractivity contribution >= 4 is 35.0 Å². The SMILES string of the molecule is N#CCCN(C(=O)CSc1ccc(Cl)c(C(F)(F)F)c1)c1ccc(F)cc1. The van der Waals surface area contributed by atoms with Gasteiger partial charge in [-0.2, -0.15) is 18.4 Å². The summed E-state index contributed by atoms with van der Waals surface area (Å²) in [5, 5.41) is 8.34. The molecule has 0 fully saturated rings. The van der Waals surface area contributed by atoms with Gasteiger partial charge in [0.25, 0.3) is 0 Å². The molecule has 0 aliphatic rings. The fourth-order valence-corrected chi connectivity index (χ4v) is 3.25. The number of halogens is 5. The van der Waals surface area contributed by atoms with E-state index < -0.39 is 28.5 Å². The molecule has 142 valence electrons. The van der Waals surface area contributed by atoms with E-state index in [1.165, 1.54) is 35.2 Å². The first kappa shape index (κ1) is 21.1. The van der Waals surface area contributed by atoms with Crippen molar-refractivity contribution in [2.24, 2.45) is 0 Å². The number of nitriles is 1. The lowest BCUT2D eigenvalue weighted by Gasteiger charge is -2.21. The average molecular weight is 417 g/mol. The van der Waals surface area contributed by atoms with Crippen molar-refractivity contribution in [3.8, 4) is 6.07 Å². The van der Waals surface area contributed by atoms with Gasteiger partial charge in [-0.05, 0) is 42.5 Å². The van der Waals surface area contributed by atoms with Crippen molar-refractivity contribution in [2.45, 2.75) is 17.5 Å². The molecule has 2 aromatic rings. The summed E-state index contributed by atoms with van der Waals surface area (Å²) in [5.74, 6) is -1.03. The standard InChI is InChI=1S/C18H13ClF4N2OS/c19-16-7-6-14(10-15(16)18(21,22)23)27-11-17(26)25(9-1-8-24)13-4-2-12(20)3-5-13/h2-7,10H,1,9,11H2. The van der Waals surface area contributed by atoms with E-state index in [-0.39, 0.29) is 23.6 Å². The zero-order chi connectivity index (χ0) is 20.0. The van der Waals surface area contributed by atoms with Gasteiger partial charge in [-0.15, -0.1) is 11.8 Å². The summed E-state index contributed by atoms with van der Waals surface area (Å²) in [6, 6.07) is 10.5. The van der Waals surface area contributed by atoms with Gasteiger partial charge in [0.05, 0.1) is 28.8 Å². The van der Waals surface area contributed by atoms with Gasteiger partial charge in [0, 0.05) is 17.1 Å². The van der Waals surface area contributed by atoms with Crippen molar-refractivity contribution in [1.82, 2.24) is 0 Å². The maximum absolute atomic E-state index is 13.1. The van der Waals surface area contributed by atoms with Crippen LogP contribution in [0.2, 0.25) is 5.02 Å². The predicted octanol–water partition coefficient (Wildman–Crippen LogP) is 5.54. The smallest absolute Gasteiger partial charge is 0.311 e. The van der Waals surface area contributed by atoms with E-state index >= 15 is 0 Å². The molecule has 27 heavy (non-hydrogen) atoms. The Hall–Kier alpha value is -2.24. The number of hydrogen-bond donors (Lipinski definition) is 0. The van der Waals surface area contributed by atoms with Crippen LogP contribution in [0, 0.1) is 17.1 Å². The van der Waals surface area contributed by atoms with Crippen LogP contribution in [-0.2, 0) is 11.0 Å². The van der Waals surface area contributed by atoms with E-state index in [0.29, 0.717) is 5.69 Å². The maximum atomic E-state index is 13.1. The number of anilines is 1. The summed E-state index contributed by atoms with van der Waals surface area (Å²) in [6.07, 6.45) is -4.53. The van der Waals surface area contributed by atoms with Gasteiger partial charge in [0.1, 0.15) is 5.82 Å². The van der Waals surface area contributed by atoms with Gasteiger partial charge in [-0.3, -0.25) is 4.79 Å². The fourth-order valence-electron chi connectivity index (χ4n) is 2.22. The van der Waals surface area contributed by atoms with E-state index in [0.717, 1.165) is 23.9 Å². The van der Waals surface area contributed by atoms with Gasteiger partial charge >= 0.3 is 6.18 Å². The summed E-state index contributed by atoms with van der Waals surface area (Å²) in [4.78, 5) is 14.0. The quantitative estimate of drug-likeness (QED) is 0.459. The molecule has 0 aliphatic carbocycles. The number of benzene rings is 2. The van der Waals surface area contributed by atoms with Crippen LogP contribution < -0.4 is 4.90 Å². The fraction of sp³-hybridized carbons (Fsp3) is 0.222. The summed E-state index contributed by atoms with van der Waals surface area (Å²) in [6.45, 7) is 0.0932. The first-order valence-electron chi connectivity index (χ1n) is 7.65. The number of nitrogens with zero attached hydrogens (tertiary/aromatic N) is 2. The molecule has 9 heteroatoms. The van der Waals surface area contributed by atoms with Crippen LogP contribution in [0.15, 0.2) is 47.4 Å². The summed E-state index contributed by atoms with van der Waals surface area (Å²) < 4.78 is 51.8. The Labute approximate surface area is 162 Å². The van der Waals surface area contributed by atoms with Crippen molar-refractivity contribution < 1.29 is 22.4 Å². The summed E-state index contributed by atoms with van der Waals surface area (Å²) >= 11 is 6.50. The minimum atomic E-state index is -4.59.